The standard InChI is InChI=1S/C15H17BrFNO3/c16-11-1-2-13(17)12(9-11)14(19)5-8-18-6-3-10(4-7-18)15(20)21/h1-2,9-10H,3-8H2,(H,20,21). The molecule has 0 saturated carbocycles. The average molecular weight is 358 g/mol. The molecule has 0 unspecified atom stereocenters. The molecule has 6 heteroatoms. The molecule has 1 aromatic carbocycles. The van der Waals surface area contributed by atoms with E-state index < -0.39 is 11.8 Å². The highest BCUT2D eigenvalue weighted by atomic mass is 79.9. The van der Waals surface area contributed by atoms with Gasteiger partial charge in [-0.2, -0.15) is 0 Å². The molecule has 0 aliphatic carbocycles. The Morgan fingerprint density at radius 3 is 2.62 bits per heavy atom. The number of Topliss-reactive ketones (excluding diaryl/α,β-unsaturated/α-hetero) is 1. The molecule has 0 bridgehead atoms. The molecule has 1 aliphatic heterocycles. The maximum absolute atomic E-state index is 13.6. The summed E-state index contributed by atoms with van der Waals surface area (Å²) in [5.41, 5.74) is 0.102. The number of piperidine rings is 1. The lowest BCUT2D eigenvalue weighted by atomic mass is 9.97. The second-order valence-electron chi connectivity index (χ2n) is 5.25. The smallest absolute Gasteiger partial charge is 0.306 e. The maximum atomic E-state index is 13.6. The van der Waals surface area contributed by atoms with E-state index in [1.807, 2.05) is 0 Å². The summed E-state index contributed by atoms with van der Waals surface area (Å²) < 4.78 is 14.3. The molecule has 114 valence electrons. The minimum absolute atomic E-state index is 0.102. The number of ketones is 1. The fraction of sp³-hybridized carbons (Fsp3) is 0.467. The number of carbonyl (C=O) groups excluding carboxylic acids is 1. The summed E-state index contributed by atoms with van der Waals surface area (Å²) in [4.78, 5) is 25.0. The van der Waals surface area contributed by atoms with Crippen LogP contribution < -0.4 is 0 Å². The number of halogens is 2. The van der Waals surface area contributed by atoms with Crippen molar-refractivity contribution in [3.8, 4) is 0 Å². The quantitative estimate of drug-likeness (QED) is 0.823. The van der Waals surface area contributed by atoms with E-state index >= 15 is 0 Å². The minimum Gasteiger partial charge on any atom is -0.481 e. The Morgan fingerprint density at radius 2 is 2.00 bits per heavy atom. The van der Waals surface area contributed by atoms with Gasteiger partial charge in [-0.15, -0.1) is 0 Å². The fourth-order valence-electron chi connectivity index (χ4n) is 2.51. The van der Waals surface area contributed by atoms with E-state index in [0.717, 1.165) is 0 Å². The molecule has 1 aliphatic rings. The lowest BCUT2D eigenvalue weighted by molar-refractivity contribution is -0.143. The zero-order chi connectivity index (χ0) is 15.4. The molecule has 2 rings (SSSR count). The van der Waals surface area contributed by atoms with Gasteiger partial charge in [-0.25, -0.2) is 4.39 Å². The SMILES string of the molecule is O=C(CCN1CCC(C(=O)O)CC1)c1cc(Br)ccc1F. The fourth-order valence-corrected chi connectivity index (χ4v) is 2.87. The Morgan fingerprint density at radius 1 is 1.33 bits per heavy atom. The van der Waals surface area contributed by atoms with Crippen molar-refractivity contribution in [3.63, 3.8) is 0 Å². The molecule has 1 N–H and O–H groups in total. The molecule has 21 heavy (non-hydrogen) atoms. The Hall–Kier alpha value is -1.27. The van der Waals surface area contributed by atoms with Gasteiger partial charge >= 0.3 is 5.97 Å². The number of carbonyl (C=O) groups is 2. The van der Waals surface area contributed by atoms with E-state index in [9.17, 15) is 14.0 Å². The van der Waals surface area contributed by atoms with Crippen LogP contribution in [0.25, 0.3) is 0 Å². The first-order valence-electron chi connectivity index (χ1n) is 6.91. The molecule has 1 fully saturated rings. The highest BCUT2D eigenvalue weighted by molar-refractivity contribution is 9.10. The lowest BCUT2D eigenvalue weighted by Gasteiger charge is -2.29. The molecule has 1 heterocycles. The third-order valence-corrected chi connectivity index (χ3v) is 4.31. The molecule has 0 atom stereocenters. The highest BCUT2D eigenvalue weighted by Gasteiger charge is 2.24. The number of hydrogen-bond acceptors (Lipinski definition) is 3. The van der Waals surface area contributed by atoms with Crippen LogP contribution in [0.1, 0.15) is 29.6 Å². The summed E-state index contributed by atoms with van der Waals surface area (Å²) in [6, 6.07) is 4.33. The van der Waals surface area contributed by atoms with Crippen LogP contribution in [0.4, 0.5) is 4.39 Å². The molecule has 1 aromatic rings. The van der Waals surface area contributed by atoms with Crippen molar-refractivity contribution in [2.24, 2.45) is 5.92 Å². The van der Waals surface area contributed by atoms with Crippen LogP contribution in [0.15, 0.2) is 22.7 Å². The molecule has 0 aromatic heterocycles. The lowest BCUT2D eigenvalue weighted by Crippen LogP contribution is -2.37. The molecule has 0 spiro atoms. The third kappa shape index (κ3) is 4.35. The summed E-state index contributed by atoms with van der Waals surface area (Å²) in [6.07, 6.45) is 1.45. The van der Waals surface area contributed by atoms with Crippen molar-refractivity contribution in [3.05, 3.63) is 34.1 Å². The Bertz CT molecular complexity index is 542. The van der Waals surface area contributed by atoms with E-state index in [1.54, 1.807) is 6.07 Å². The molecule has 4 nitrogen and oxygen atoms in total. The Labute approximate surface area is 131 Å². The molecule has 1 saturated heterocycles. The van der Waals surface area contributed by atoms with Crippen molar-refractivity contribution in [2.75, 3.05) is 19.6 Å². The number of carboxylic acid groups (broad SMARTS) is 1. The summed E-state index contributed by atoms with van der Waals surface area (Å²) in [7, 11) is 0. The van der Waals surface area contributed by atoms with Crippen LogP contribution in [0.3, 0.4) is 0 Å². The van der Waals surface area contributed by atoms with E-state index in [1.165, 1.54) is 12.1 Å². The zero-order valence-electron chi connectivity index (χ0n) is 11.5. The second kappa shape index (κ2) is 7.13. The van der Waals surface area contributed by atoms with Crippen molar-refractivity contribution in [1.29, 1.82) is 0 Å². The topological polar surface area (TPSA) is 57.6 Å². The van der Waals surface area contributed by atoms with Gasteiger partial charge in [0.25, 0.3) is 0 Å². The van der Waals surface area contributed by atoms with Crippen LogP contribution in [-0.2, 0) is 4.79 Å². The number of benzene rings is 1. The van der Waals surface area contributed by atoms with Gasteiger partial charge in [-0.1, -0.05) is 15.9 Å². The number of carboxylic acids is 1. The first kappa shape index (κ1) is 16.1. The summed E-state index contributed by atoms with van der Waals surface area (Å²) in [5, 5.41) is 8.93. The number of likely N-dealkylation sites (tertiary alicyclic amines) is 1. The van der Waals surface area contributed by atoms with Crippen molar-refractivity contribution in [2.45, 2.75) is 19.3 Å². The summed E-state index contributed by atoms with van der Waals surface area (Å²) in [6.45, 7) is 1.88. The normalized spacial score (nSPS) is 16.9. The van der Waals surface area contributed by atoms with Crippen molar-refractivity contribution < 1.29 is 19.1 Å². The molecule has 0 amide bonds. The molecular weight excluding hydrogens is 341 g/mol. The number of aliphatic carboxylic acids is 1. The van der Waals surface area contributed by atoms with Gasteiger partial charge in [-0.3, -0.25) is 9.59 Å². The monoisotopic (exact) mass is 357 g/mol. The highest BCUT2D eigenvalue weighted by Crippen LogP contribution is 2.19. The predicted octanol–water partition coefficient (Wildman–Crippen LogP) is 2.96. The largest absolute Gasteiger partial charge is 0.481 e. The van der Waals surface area contributed by atoms with E-state index in [0.29, 0.717) is 36.9 Å². The Kier molecular flexibility index (Phi) is 5.47. The first-order valence-corrected chi connectivity index (χ1v) is 7.70. The van der Waals surface area contributed by atoms with Crippen molar-refractivity contribution in [1.82, 2.24) is 4.90 Å². The minimum atomic E-state index is -0.748. The summed E-state index contributed by atoms with van der Waals surface area (Å²) in [5.74, 6) is -1.76. The van der Waals surface area contributed by atoms with E-state index in [-0.39, 0.29) is 23.7 Å². The second-order valence-corrected chi connectivity index (χ2v) is 6.17. The molecule has 0 radical (unpaired) electrons. The van der Waals surface area contributed by atoms with E-state index in [4.69, 9.17) is 5.11 Å². The average Bonchev–Trinajstić information content (AvgIpc) is 2.47. The van der Waals surface area contributed by atoms with E-state index in [2.05, 4.69) is 20.8 Å². The van der Waals surface area contributed by atoms with Gasteiger partial charge in [0.1, 0.15) is 5.82 Å². The molecular formula is C15H17BrFNO3. The number of rotatable bonds is 5. The summed E-state index contributed by atoms with van der Waals surface area (Å²) >= 11 is 3.23. The first-order chi connectivity index (χ1) is 9.97. The van der Waals surface area contributed by atoms with Crippen molar-refractivity contribution >= 4 is 27.7 Å². The van der Waals surface area contributed by atoms with Gasteiger partial charge in [0.2, 0.25) is 0 Å². The van der Waals surface area contributed by atoms with Crippen LogP contribution in [-0.4, -0.2) is 41.4 Å². The number of nitrogens with zero attached hydrogens (tertiary/aromatic N) is 1. The third-order valence-electron chi connectivity index (χ3n) is 3.82. The predicted molar refractivity (Wildman–Crippen MR) is 79.8 cm³/mol. The van der Waals surface area contributed by atoms with Crippen LogP contribution in [0.2, 0.25) is 0 Å². The van der Waals surface area contributed by atoms with Crippen LogP contribution >= 0.6 is 15.9 Å². The zero-order valence-corrected chi connectivity index (χ0v) is 13.1. The van der Waals surface area contributed by atoms with Crippen LogP contribution in [0.5, 0.6) is 0 Å². The van der Waals surface area contributed by atoms with Gasteiger partial charge in [0.05, 0.1) is 11.5 Å². The van der Waals surface area contributed by atoms with Crippen LogP contribution in [0, 0.1) is 11.7 Å². The maximum Gasteiger partial charge on any atom is 0.306 e. The van der Waals surface area contributed by atoms with Gasteiger partial charge in [-0.05, 0) is 44.1 Å². The van der Waals surface area contributed by atoms with Gasteiger partial charge in [0.15, 0.2) is 5.78 Å². The van der Waals surface area contributed by atoms with Gasteiger partial charge in [0, 0.05) is 17.4 Å². The van der Waals surface area contributed by atoms with Gasteiger partial charge < -0.3 is 10.0 Å². The Balaban J connectivity index is 1.85. The number of hydrogen-bond donors (Lipinski definition) is 1.